The summed E-state index contributed by atoms with van der Waals surface area (Å²) >= 11 is 7.63. The standard InChI is InChI=1S/C14H19ClN4S/c1-14(2,3)19-13(16-4)17-8-12-18-10-7-9(15)5-6-11(10)20-12/h5-7H,8H2,1-4H3,(H2,16,17,19). The van der Waals surface area contributed by atoms with E-state index >= 15 is 0 Å². The molecule has 2 rings (SSSR count). The summed E-state index contributed by atoms with van der Waals surface area (Å²) in [7, 11) is 1.76. The Morgan fingerprint density at radius 1 is 1.40 bits per heavy atom. The van der Waals surface area contributed by atoms with Crippen molar-refractivity contribution >= 4 is 39.1 Å². The molecular formula is C14H19ClN4S. The molecule has 0 aliphatic heterocycles. The van der Waals surface area contributed by atoms with Crippen molar-refractivity contribution < 1.29 is 0 Å². The minimum Gasteiger partial charge on any atom is -0.352 e. The lowest BCUT2D eigenvalue weighted by Crippen LogP contribution is -2.47. The van der Waals surface area contributed by atoms with Crippen molar-refractivity contribution in [1.29, 1.82) is 0 Å². The van der Waals surface area contributed by atoms with Crippen LogP contribution in [-0.4, -0.2) is 23.5 Å². The predicted octanol–water partition coefficient (Wildman–Crippen LogP) is 3.41. The van der Waals surface area contributed by atoms with Gasteiger partial charge in [-0.05, 0) is 39.0 Å². The first-order valence-corrected chi connectivity index (χ1v) is 7.60. The van der Waals surface area contributed by atoms with Crippen LogP contribution in [0.4, 0.5) is 0 Å². The number of aromatic nitrogens is 1. The van der Waals surface area contributed by atoms with Gasteiger partial charge in [-0.1, -0.05) is 11.6 Å². The number of hydrogen-bond donors (Lipinski definition) is 2. The lowest BCUT2D eigenvalue weighted by Gasteiger charge is -2.23. The van der Waals surface area contributed by atoms with Gasteiger partial charge in [-0.15, -0.1) is 11.3 Å². The van der Waals surface area contributed by atoms with Gasteiger partial charge in [0.05, 0.1) is 16.8 Å². The lowest BCUT2D eigenvalue weighted by molar-refractivity contribution is 0.501. The fourth-order valence-electron chi connectivity index (χ4n) is 1.72. The topological polar surface area (TPSA) is 49.3 Å². The third kappa shape index (κ3) is 4.08. The first kappa shape index (κ1) is 15.1. The average molecular weight is 311 g/mol. The minimum absolute atomic E-state index is 0.0248. The van der Waals surface area contributed by atoms with E-state index in [0.29, 0.717) is 11.6 Å². The zero-order chi connectivity index (χ0) is 14.8. The molecular weight excluding hydrogens is 292 g/mol. The molecule has 0 fully saturated rings. The fraction of sp³-hybridized carbons (Fsp3) is 0.429. The molecule has 108 valence electrons. The Balaban J connectivity index is 2.05. The molecule has 0 aliphatic carbocycles. The molecule has 4 nitrogen and oxygen atoms in total. The summed E-state index contributed by atoms with van der Waals surface area (Å²) < 4.78 is 1.14. The molecule has 2 N–H and O–H groups in total. The molecule has 0 spiro atoms. The summed E-state index contributed by atoms with van der Waals surface area (Å²) in [6.45, 7) is 6.94. The van der Waals surface area contributed by atoms with Gasteiger partial charge in [-0.3, -0.25) is 4.99 Å². The van der Waals surface area contributed by atoms with Crippen molar-refractivity contribution in [3.63, 3.8) is 0 Å². The van der Waals surface area contributed by atoms with Crippen LogP contribution in [0.1, 0.15) is 25.8 Å². The van der Waals surface area contributed by atoms with E-state index in [2.05, 4.69) is 41.4 Å². The van der Waals surface area contributed by atoms with Gasteiger partial charge in [0, 0.05) is 17.6 Å². The zero-order valence-corrected chi connectivity index (χ0v) is 13.7. The van der Waals surface area contributed by atoms with Crippen molar-refractivity contribution in [1.82, 2.24) is 15.6 Å². The number of guanidine groups is 1. The van der Waals surface area contributed by atoms with Crippen LogP contribution in [-0.2, 0) is 6.54 Å². The molecule has 0 amide bonds. The SMILES string of the molecule is CN=C(NCc1nc2cc(Cl)ccc2s1)NC(C)(C)C. The van der Waals surface area contributed by atoms with Crippen LogP contribution in [0.3, 0.4) is 0 Å². The van der Waals surface area contributed by atoms with Crippen LogP contribution < -0.4 is 10.6 Å². The van der Waals surface area contributed by atoms with Gasteiger partial charge in [-0.25, -0.2) is 4.98 Å². The smallest absolute Gasteiger partial charge is 0.191 e. The van der Waals surface area contributed by atoms with Gasteiger partial charge in [0.1, 0.15) is 5.01 Å². The lowest BCUT2D eigenvalue weighted by atomic mass is 10.1. The van der Waals surface area contributed by atoms with E-state index in [9.17, 15) is 0 Å². The maximum atomic E-state index is 5.97. The van der Waals surface area contributed by atoms with Crippen LogP contribution in [0, 0.1) is 0 Å². The van der Waals surface area contributed by atoms with E-state index < -0.39 is 0 Å². The maximum absolute atomic E-state index is 5.97. The van der Waals surface area contributed by atoms with Gasteiger partial charge in [-0.2, -0.15) is 0 Å². The molecule has 0 radical (unpaired) electrons. The number of halogens is 1. The molecule has 0 saturated heterocycles. The van der Waals surface area contributed by atoms with Crippen molar-refractivity contribution in [2.45, 2.75) is 32.9 Å². The van der Waals surface area contributed by atoms with E-state index in [1.807, 2.05) is 18.2 Å². The van der Waals surface area contributed by atoms with E-state index in [4.69, 9.17) is 11.6 Å². The van der Waals surface area contributed by atoms with E-state index in [-0.39, 0.29) is 5.54 Å². The monoisotopic (exact) mass is 310 g/mol. The van der Waals surface area contributed by atoms with Gasteiger partial charge in [0.15, 0.2) is 5.96 Å². The predicted molar refractivity (Wildman–Crippen MR) is 87.7 cm³/mol. The van der Waals surface area contributed by atoms with Crippen LogP contribution in [0.5, 0.6) is 0 Å². The van der Waals surface area contributed by atoms with Gasteiger partial charge < -0.3 is 10.6 Å². The number of nitrogens with one attached hydrogen (secondary N) is 2. The molecule has 1 aromatic heterocycles. The third-order valence-corrected chi connectivity index (χ3v) is 3.79. The summed E-state index contributed by atoms with van der Waals surface area (Å²) in [5, 5.41) is 8.31. The largest absolute Gasteiger partial charge is 0.352 e. The Morgan fingerprint density at radius 2 is 2.15 bits per heavy atom. The van der Waals surface area contributed by atoms with Crippen molar-refractivity contribution in [3.05, 3.63) is 28.2 Å². The van der Waals surface area contributed by atoms with Crippen LogP contribution in [0.15, 0.2) is 23.2 Å². The molecule has 0 atom stereocenters. The van der Waals surface area contributed by atoms with Crippen LogP contribution in [0.2, 0.25) is 5.02 Å². The number of fused-ring (bicyclic) bond motifs is 1. The Bertz CT molecular complexity index is 628. The highest BCUT2D eigenvalue weighted by Crippen LogP contribution is 2.24. The number of hydrogen-bond acceptors (Lipinski definition) is 3. The van der Waals surface area contributed by atoms with Crippen molar-refractivity contribution in [3.8, 4) is 0 Å². The van der Waals surface area contributed by atoms with Crippen molar-refractivity contribution in [2.24, 2.45) is 4.99 Å². The second-order valence-corrected chi connectivity index (χ2v) is 7.07. The molecule has 2 aromatic rings. The molecule has 20 heavy (non-hydrogen) atoms. The van der Waals surface area contributed by atoms with E-state index in [0.717, 1.165) is 21.2 Å². The summed E-state index contributed by atoms with van der Waals surface area (Å²) in [5.41, 5.74) is 0.918. The highest BCUT2D eigenvalue weighted by molar-refractivity contribution is 7.18. The molecule has 0 unspecified atom stereocenters. The molecule has 1 heterocycles. The third-order valence-electron chi connectivity index (χ3n) is 2.52. The van der Waals surface area contributed by atoms with Crippen LogP contribution >= 0.6 is 22.9 Å². The quantitative estimate of drug-likeness (QED) is 0.660. The Hall–Kier alpha value is -1.33. The maximum Gasteiger partial charge on any atom is 0.191 e. The number of rotatable bonds is 2. The molecule has 0 aliphatic rings. The number of nitrogens with zero attached hydrogens (tertiary/aromatic N) is 2. The number of benzene rings is 1. The second-order valence-electron chi connectivity index (χ2n) is 5.52. The van der Waals surface area contributed by atoms with Gasteiger partial charge in [0.25, 0.3) is 0 Å². The first-order chi connectivity index (χ1) is 9.37. The molecule has 0 saturated carbocycles. The van der Waals surface area contributed by atoms with E-state index in [1.54, 1.807) is 18.4 Å². The molecule has 6 heteroatoms. The highest BCUT2D eigenvalue weighted by atomic mass is 35.5. The summed E-state index contributed by atoms with van der Waals surface area (Å²) in [6, 6.07) is 5.78. The van der Waals surface area contributed by atoms with Crippen molar-refractivity contribution in [2.75, 3.05) is 7.05 Å². The second kappa shape index (κ2) is 5.97. The Kier molecular flexibility index (Phi) is 4.50. The zero-order valence-electron chi connectivity index (χ0n) is 12.1. The fourth-order valence-corrected chi connectivity index (χ4v) is 2.77. The van der Waals surface area contributed by atoms with Gasteiger partial charge >= 0.3 is 0 Å². The van der Waals surface area contributed by atoms with Gasteiger partial charge in [0.2, 0.25) is 0 Å². The van der Waals surface area contributed by atoms with Crippen LogP contribution in [0.25, 0.3) is 10.2 Å². The normalized spacial score (nSPS) is 12.8. The molecule has 1 aromatic carbocycles. The Labute approximate surface area is 128 Å². The molecule has 0 bridgehead atoms. The van der Waals surface area contributed by atoms with E-state index in [1.165, 1.54) is 0 Å². The summed E-state index contributed by atoms with van der Waals surface area (Å²) in [5.74, 6) is 0.773. The number of aliphatic imine (C=N–C) groups is 1. The summed E-state index contributed by atoms with van der Waals surface area (Å²) in [4.78, 5) is 8.77. The average Bonchev–Trinajstić information content (AvgIpc) is 2.75. The minimum atomic E-state index is -0.0248. The highest BCUT2D eigenvalue weighted by Gasteiger charge is 2.12. The summed E-state index contributed by atoms with van der Waals surface area (Å²) in [6.07, 6.45) is 0. The number of thiazole rings is 1. The first-order valence-electron chi connectivity index (χ1n) is 6.41. The Morgan fingerprint density at radius 3 is 2.80 bits per heavy atom.